The van der Waals surface area contributed by atoms with Crippen molar-refractivity contribution in [3.8, 4) is 6.07 Å². The van der Waals surface area contributed by atoms with Crippen LogP contribution in [0.5, 0.6) is 0 Å². The highest BCUT2D eigenvalue weighted by molar-refractivity contribution is 7.12. The van der Waals surface area contributed by atoms with Gasteiger partial charge in [-0.1, -0.05) is 0 Å². The smallest absolute Gasteiger partial charge is 0.110 e. The summed E-state index contributed by atoms with van der Waals surface area (Å²) in [6, 6.07) is 6.21. The molecule has 0 spiro atoms. The molecule has 2 atom stereocenters. The molecule has 1 aliphatic rings. The number of alkyl halides is 1. The first kappa shape index (κ1) is 10.6. The molecule has 4 heteroatoms. The molecule has 1 heterocycles. The summed E-state index contributed by atoms with van der Waals surface area (Å²) < 4.78 is 12.9. The quantitative estimate of drug-likeness (QED) is 0.856. The van der Waals surface area contributed by atoms with E-state index >= 15 is 0 Å². The number of thiophene rings is 1. The van der Waals surface area contributed by atoms with Crippen molar-refractivity contribution in [3.63, 3.8) is 0 Å². The lowest BCUT2D eigenvalue weighted by Crippen LogP contribution is -2.25. The van der Waals surface area contributed by atoms with Gasteiger partial charge in [-0.25, -0.2) is 4.39 Å². The van der Waals surface area contributed by atoms with E-state index in [0.717, 1.165) is 22.7 Å². The summed E-state index contributed by atoms with van der Waals surface area (Å²) in [6.45, 7) is 0.754. The molecular formula is C11H13FN2S. The van der Waals surface area contributed by atoms with Crippen LogP contribution in [0.1, 0.15) is 29.0 Å². The lowest BCUT2D eigenvalue weighted by Gasteiger charge is -2.09. The second-order valence-corrected chi connectivity index (χ2v) is 5.03. The maximum Gasteiger partial charge on any atom is 0.110 e. The third-order valence-electron chi connectivity index (χ3n) is 2.71. The van der Waals surface area contributed by atoms with E-state index in [0.29, 0.717) is 18.9 Å². The number of rotatable bonds is 3. The van der Waals surface area contributed by atoms with E-state index in [-0.39, 0.29) is 0 Å². The zero-order valence-electron chi connectivity index (χ0n) is 8.37. The standard InChI is InChI=1S/C11H13FN2S/c12-8-1-2-9(5-8)14-7-11-4-3-10(6-13)15-11/h3-4,8-9,14H,1-2,5,7H2/t8-,9-/m0/s1. The van der Waals surface area contributed by atoms with Gasteiger partial charge in [-0.2, -0.15) is 5.26 Å². The topological polar surface area (TPSA) is 35.8 Å². The molecule has 1 saturated carbocycles. The van der Waals surface area contributed by atoms with Crippen LogP contribution in [0.25, 0.3) is 0 Å². The Kier molecular flexibility index (Phi) is 3.34. The Morgan fingerprint density at radius 2 is 2.40 bits per heavy atom. The molecule has 80 valence electrons. The molecule has 0 aliphatic heterocycles. The largest absolute Gasteiger partial charge is 0.309 e. The molecule has 0 aromatic carbocycles. The molecule has 1 N–H and O–H groups in total. The Morgan fingerprint density at radius 3 is 3.00 bits per heavy atom. The molecule has 0 amide bonds. The predicted octanol–water partition coefficient (Wildman–Crippen LogP) is 2.60. The van der Waals surface area contributed by atoms with Gasteiger partial charge in [0.1, 0.15) is 17.1 Å². The summed E-state index contributed by atoms with van der Waals surface area (Å²) in [4.78, 5) is 1.88. The number of nitriles is 1. The van der Waals surface area contributed by atoms with Crippen LogP contribution in [-0.4, -0.2) is 12.2 Å². The van der Waals surface area contributed by atoms with Crippen LogP contribution in [0, 0.1) is 11.3 Å². The van der Waals surface area contributed by atoms with Crippen LogP contribution in [-0.2, 0) is 6.54 Å². The highest BCUT2D eigenvalue weighted by Crippen LogP contribution is 2.23. The third-order valence-corrected chi connectivity index (χ3v) is 3.70. The Hall–Kier alpha value is -0.920. The molecule has 1 aliphatic carbocycles. The van der Waals surface area contributed by atoms with Crippen molar-refractivity contribution in [2.24, 2.45) is 0 Å². The van der Waals surface area contributed by atoms with Crippen molar-refractivity contribution >= 4 is 11.3 Å². The van der Waals surface area contributed by atoms with Crippen molar-refractivity contribution in [2.45, 2.75) is 38.0 Å². The molecule has 2 nitrogen and oxygen atoms in total. The molecular weight excluding hydrogens is 211 g/mol. The number of nitrogens with zero attached hydrogens (tertiary/aromatic N) is 1. The van der Waals surface area contributed by atoms with Gasteiger partial charge in [0.15, 0.2) is 0 Å². The fraction of sp³-hybridized carbons (Fsp3) is 0.545. The molecule has 1 fully saturated rings. The lowest BCUT2D eigenvalue weighted by atomic mass is 10.2. The maximum absolute atomic E-state index is 12.9. The van der Waals surface area contributed by atoms with Gasteiger partial charge in [0.05, 0.1) is 0 Å². The molecule has 0 saturated heterocycles. The molecule has 2 rings (SSSR count). The lowest BCUT2D eigenvalue weighted by molar-refractivity contribution is 0.333. The summed E-state index contributed by atoms with van der Waals surface area (Å²) in [5, 5.41) is 12.0. The van der Waals surface area contributed by atoms with Gasteiger partial charge in [0.25, 0.3) is 0 Å². The number of nitrogens with one attached hydrogen (secondary N) is 1. The predicted molar refractivity (Wildman–Crippen MR) is 58.4 cm³/mol. The average molecular weight is 224 g/mol. The van der Waals surface area contributed by atoms with E-state index in [1.165, 1.54) is 11.3 Å². The summed E-state index contributed by atoms with van der Waals surface area (Å²) in [6.07, 6.45) is 1.63. The SMILES string of the molecule is N#Cc1ccc(CN[C@H]2CC[C@H](F)C2)s1. The molecule has 1 aromatic rings. The minimum atomic E-state index is -0.625. The molecule has 15 heavy (non-hydrogen) atoms. The van der Waals surface area contributed by atoms with Gasteiger partial charge < -0.3 is 5.32 Å². The minimum absolute atomic E-state index is 0.313. The van der Waals surface area contributed by atoms with Gasteiger partial charge in [0, 0.05) is 17.5 Å². The van der Waals surface area contributed by atoms with Crippen LogP contribution in [0.15, 0.2) is 12.1 Å². The third kappa shape index (κ3) is 2.77. The fourth-order valence-electron chi connectivity index (χ4n) is 1.89. The summed E-state index contributed by atoms with van der Waals surface area (Å²) in [5.41, 5.74) is 0. The Labute approximate surface area is 92.7 Å². The Balaban J connectivity index is 1.81. The first-order chi connectivity index (χ1) is 7.28. The minimum Gasteiger partial charge on any atom is -0.309 e. The molecule has 0 unspecified atom stereocenters. The van der Waals surface area contributed by atoms with Gasteiger partial charge in [0.2, 0.25) is 0 Å². The summed E-state index contributed by atoms with van der Waals surface area (Å²) in [5.74, 6) is 0. The monoisotopic (exact) mass is 224 g/mol. The van der Waals surface area contributed by atoms with Gasteiger partial charge in [-0.05, 0) is 31.4 Å². The summed E-state index contributed by atoms with van der Waals surface area (Å²) >= 11 is 1.50. The second-order valence-electron chi connectivity index (χ2n) is 3.87. The normalized spacial score (nSPS) is 25.3. The van der Waals surface area contributed by atoms with Gasteiger partial charge in [-0.3, -0.25) is 0 Å². The number of hydrogen-bond donors (Lipinski definition) is 1. The van der Waals surface area contributed by atoms with Crippen molar-refractivity contribution in [3.05, 3.63) is 21.9 Å². The highest BCUT2D eigenvalue weighted by atomic mass is 32.1. The number of halogens is 1. The fourth-order valence-corrected chi connectivity index (χ4v) is 2.65. The van der Waals surface area contributed by atoms with Gasteiger partial charge in [-0.15, -0.1) is 11.3 Å². The van der Waals surface area contributed by atoms with Crippen molar-refractivity contribution in [1.82, 2.24) is 5.32 Å². The average Bonchev–Trinajstić information content (AvgIpc) is 2.83. The van der Waals surface area contributed by atoms with Crippen LogP contribution < -0.4 is 5.32 Å². The van der Waals surface area contributed by atoms with Crippen LogP contribution >= 0.6 is 11.3 Å². The molecule has 0 bridgehead atoms. The number of hydrogen-bond acceptors (Lipinski definition) is 3. The van der Waals surface area contributed by atoms with E-state index in [4.69, 9.17) is 5.26 Å². The zero-order valence-corrected chi connectivity index (χ0v) is 9.19. The maximum atomic E-state index is 12.9. The highest BCUT2D eigenvalue weighted by Gasteiger charge is 2.23. The van der Waals surface area contributed by atoms with Crippen molar-refractivity contribution in [1.29, 1.82) is 5.26 Å². The first-order valence-electron chi connectivity index (χ1n) is 5.14. The van der Waals surface area contributed by atoms with Crippen molar-refractivity contribution < 1.29 is 4.39 Å². The van der Waals surface area contributed by atoms with E-state index in [1.807, 2.05) is 12.1 Å². The van der Waals surface area contributed by atoms with E-state index in [2.05, 4.69) is 11.4 Å². The molecule has 1 aromatic heterocycles. The van der Waals surface area contributed by atoms with Crippen LogP contribution in [0.3, 0.4) is 0 Å². The first-order valence-corrected chi connectivity index (χ1v) is 5.96. The summed E-state index contributed by atoms with van der Waals surface area (Å²) in [7, 11) is 0. The van der Waals surface area contributed by atoms with E-state index in [1.54, 1.807) is 0 Å². The second kappa shape index (κ2) is 4.73. The van der Waals surface area contributed by atoms with Crippen LogP contribution in [0.4, 0.5) is 4.39 Å². The zero-order chi connectivity index (χ0) is 10.7. The van der Waals surface area contributed by atoms with Crippen LogP contribution in [0.2, 0.25) is 0 Å². The van der Waals surface area contributed by atoms with E-state index < -0.39 is 6.17 Å². The Morgan fingerprint density at radius 1 is 1.53 bits per heavy atom. The van der Waals surface area contributed by atoms with Gasteiger partial charge >= 0.3 is 0 Å². The Bertz CT molecular complexity index is 369. The van der Waals surface area contributed by atoms with E-state index in [9.17, 15) is 4.39 Å². The van der Waals surface area contributed by atoms with Crippen molar-refractivity contribution in [2.75, 3.05) is 0 Å². The molecule has 0 radical (unpaired) electrons.